The number of hydrogen-bond acceptors (Lipinski definition) is 2. The van der Waals surface area contributed by atoms with Gasteiger partial charge in [0.1, 0.15) is 0 Å². The van der Waals surface area contributed by atoms with E-state index in [-0.39, 0.29) is 11.6 Å². The number of carboxylic acids is 1. The van der Waals surface area contributed by atoms with E-state index < -0.39 is 12.0 Å². The number of carboxylic acid groups (broad SMARTS) is 1. The zero-order valence-electron chi connectivity index (χ0n) is 10.9. The van der Waals surface area contributed by atoms with Crippen molar-refractivity contribution in [2.45, 2.75) is 26.3 Å². The highest BCUT2D eigenvalue weighted by Crippen LogP contribution is 2.29. The Bertz CT molecular complexity index is 564. The van der Waals surface area contributed by atoms with Gasteiger partial charge in [0.05, 0.1) is 11.6 Å². The number of nitrogens with one attached hydrogen (secondary N) is 2. The van der Waals surface area contributed by atoms with E-state index in [1.54, 1.807) is 0 Å². The third-order valence-electron chi connectivity index (χ3n) is 3.24. The molecule has 2 rings (SSSR count). The second kappa shape index (κ2) is 5.14. The quantitative estimate of drug-likeness (QED) is 0.778. The van der Waals surface area contributed by atoms with E-state index in [1.807, 2.05) is 38.1 Å². The number of carbonyl (C=O) groups is 2. The van der Waals surface area contributed by atoms with E-state index >= 15 is 0 Å². The maximum absolute atomic E-state index is 11.6. The lowest BCUT2D eigenvalue weighted by atomic mass is 9.92. The predicted octanol–water partition coefficient (Wildman–Crippen LogP) is 2.10. The summed E-state index contributed by atoms with van der Waals surface area (Å²) in [6, 6.07) is 6.47. The molecule has 0 radical (unpaired) electrons. The molecule has 5 nitrogen and oxygen atoms in total. The maximum atomic E-state index is 11.6. The fourth-order valence-electron chi connectivity index (χ4n) is 2.29. The number of amides is 2. The summed E-state index contributed by atoms with van der Waals surface area (Å²) in [5, 5.41) is 14.6. The van der Waals surface area contributed by atoms with Crippen LogP contribution in [0.15, 0.2) is 35.5 Å². The molecule has 100 valence electrons. The monoisotopic (exact) mass is 260 g/mol. The lowest BCUT2D eigenvalue weighted by molar-refractivity contribution is -0.133. The smallest absolute Gasteiger partial charge is 0.335 e. The van der Waals surface area contributed by atoms with Crippen molar-refractivity contribution in [1.29, 1.82) is 0 Å². The molecular weight excluding hydrogens is 244 g/mol. The average Bonchev–Trinajstić information content (AvgIpc) is 2.37. The maximum Gasteiger partial charge on any atom is 0.335 e. The third-order valence-corrected chi connectivity index (χ3v) is 3.24. The Morgan fingerprint density at radius 1 is 1.37 bits per heavy atom. The van der Waals surface area contributed by atoms with Crippen molar-refractivity contribution in [3.8, 4) is 0 Å². The molecule has 1 aliphatic heterocycles. The highest BCUT2D eigenvalue weighted by molar-refractivity contribution is 5.93. The number of aliphatic carboxylic acids is 1. The molecule has 0 aromatic heterocycles. The van der Waals surface area contributed by atoms with Gasteiger partial charge in [0.2, 0.25) is 0 Å². The number of urea groups is 1. The van der Waals surface area contributed by atoms with Crippen molar-refractivity contribution in [1.82, 2.24) is 10.6 Å². The molecule has 0 saturated heterocycles. The molecule has 1 aliphatic rings. The largest absolute Gasteiger partial charge is 0.478 e. The van der Waals surface area contributed by atoms with Crippen molar-refractivity contribution >= 4 is 12.0 Å². The first-order valence-corrected chi connectivity index (χ1v) is 6.14. The van der Waals surface area contributed by atoms with Gasteiger partial charge in [-0.05, 0) is 24.5 Å². The summed E-state index contributed by atoms with van der Waals surface area (Å²) >= 11 is 0. The predicted molar refractivity (Wildman–Crippen MR) is 70.5 cm³/mol. The van der Waals surface area contributed by atoms with Crippen molar-refractivity contribution in [3.05, 3.63) is 46.7 Å². The number of aryl methyl sites for hydroxylation is 1. The summed E-state index contributed by atoms with van der Waals surface area (Å²) in [5.41, 5.74) is 2.42. The van der Waals surface area contributed by atoms with Gasteiger partial charge in [0.25, 0.3) is 0 Å². The van der Waals surface area contributed by atoms with Crippen LogP contribution in [-0.4, -0.2) is 17.1 Å². The van der Waals surface area contributed by atoms with Gasteiger partial charge in [-0.1, -0.05) is 31.2 Å². The van der Waals surface area contributed by atoms with Gasteiger partial charge >= 0.3 is 12.0 Å². The van der Waals surface area contributed by atoms with E-state index in [1.165, 1.54) is 0 Å². The van der Waals surface area contributed by atoms with E-state index in [0.717, 1.165) is 11.1 Å². The molecule has 0 saturated carbocycles. The summed E-state index contributed by atoms with van der Waals surface area (Å²) < 4.78 is 0. The van der Waals surface area contributed by atoms with Crippen molar-refractivity contribution in [3.63, 3.8) is 0 Å². The van der Waals surface area contributed by atoms with Crippen LogP contribution < -0.4 is 10.6 Å². The highest BCUT2D eigenvalue weighted by atomic mass is 16.4. The first kappa shape index (κ1) is 13.1. The second-order valence-electron chi connectivity index (χ2n) is 4.44. The number of rotatable bonds is 3. The van der Waals surface area contributed by atoms with Crippen molar-refractivity contribution < 1.29 is 14.7 Å². The number of allylic oxidation sites excluding steroid dienone is 1. The molecule has 1 aromatic carbocycles. The summed E-state index contributed by atoms with van der Waals surface area (Å²) in [7, 11) is 0. The highest BCUT2D eigenvalue weighted by Gasteiger charge is 2.32. The molecule has 1 atom stereocenters. The molecule has 1 heterocycles. The normalized spacial score (nSPS) is 18.8. The molecule has 19 heavy (non-hydrogen) atoms. The minimum atomic E-state index is -1.02. The minimum Gasteiger partial charge on any atom is -0.478 e. The van der Waals surface area contributed by atoms with Crippen LogP contribution in [0, 0.1) is 6.92 Å². The topological polar surface area (TPSA) is 78.4 Å². The Hall–Kier alpha value is -2.30. The van der Waals surface area contributed by atoms with Crippen LogP contribution in [0.5, 0.6) is 0 Å². The molecule has 0 bridgehead atoms. The van der Waals surface area contributed by atoms with Crippen molar-refractivity contribution in [2.24, 2.45) is 0 Å². The van der Waals surface area contributed by atoms with Gasteiger partial charge in [-0.25, -0.2) is 9.59 Å². The lowest BCUT2D eigenvalue weighted by Gasteiger charge is -2.29. The number of hydrogen-bond donors (Lipinski definition) is 3. The van der Waals surface area contributed by atoms with Gasteiger partial charge < -0.3 is 15.7 Å². The van der Waals surface area contributed by atoms with Gasteiger partial charge in [0.15, 0.2) is 0 Å². The molecule has 2 amide bonds. The first-order chi connectivity index (χ1) is 9.04. The standard InChI is InChI=1S/C14H16N2O3/c1-3-10-11(13(17)18)12(16-14(19)15-10)9-7-5-4-6-8(9)2/h4-7,12H,3H2,1-2H3,(H,17,18)(H2,15,16,19). The first-order valence-electron chi connectivity index (χ1n) is 6.14. The fraction of sp³-hybridized carbons (Fsp3) is 0.286. The summed E-state index contributed by atoms with van der Waals surface area (Å²) in [4.78, 5) is 23.1. The van der Waals surface area contributed by atoms with Crippen LogP contribution in [0.4, 0.5) is 4.79 Å². The average molecular weight is 260 g/mol. The van der Waals surface area contributed by atoms with E-state index in [2.05, 4.69) is 10.6 Å². The number of carbonyl (C=O) groups excluding carboxylic acids is 1. The Kier molecular flexibility index (Phi) is 3.55. The third kappa shape index (κ3) is 2.45. The van der Waals surface area contributed by atoms with Crippen LogP contribution in [0.1, 0.15) is 30.5 Å². The minimum absolute atomic E-state index is 0.205. The van der Waals surface area contributed by atoms with Gasteiger partial charge in [-0.15, -0.1) is 0 Å². The molecule has 1 unspecified atom stereocenters. The van der Waals surface area contributed by atoms with Crippen LogP contribution in [-0.2, 0) is 4.79 Å². The zero-order valence-corrected chi connectivity index (χ0v) is 10.9. The molecule has 1 aromatic rings. The lowest BCUT2D eigenvalue weighted by Crippen LogP contribution is -2.45. The Morgan fingerprint density at radius 3 is 2.63 bits per heavy atom. The van der Waals surface area contributed by atoms with E-state index in [0.29, 0.717) is 12.1 Å². The summed E-state index contributed by atoms with van der Waals surface area (Å²) in [5.74, 6) is -1.02. The molecule has 0 aliphatic carbocycles. The van der Waals surface area contributed by atoms with Crippen LogP contribution in [0.2, 0.25) is 0 Å². The molecule has 0 fully saturated rings. The second-order valence-corrected chi connectivity index (χ2v) is 4.44. The summed E-state index contributed by atoms with van der Waals surface area (Å²) in [6.45, 7) is 3.72. The van der Waals surface area contributed by atoms with Gasteiger partial charge in [-0.2, -0.15) is 0 Å². The molecule has 0 spiro atoms. The fourth-order valence-corrected chi connectivity index (χ4v) is 2.29. The van der Waals surface area contributed by atoms with Crippen LogP contribution in [0.25, 0.3) is 0 Å². The van der Waals surface area contributed by atoms with Crippen molar-refractivity contribution in [2.75, 3.05) is 0 Å². The van der Waals surface area contributed by atoms with Crippen LogP contribution >= 0.6 is 0 Å². The van der Waals surface area contributed by atoms with Crippen LogP contribution in [0.3, 0.4) is 0 Å². The van der Waals surface area contributed by atoms with Gasteiger partial charge in [0, 0.05) is 5.70 Å². The Morgan fingerprint density at radius 2 is 2.05 bits per heavy atom. The molecule has 3 N–H and O–H groups in total. The summed E-state index contributed by atoms with van der Waals surface area (Å²) in [6.07, 6.45) is 0.470. The molecular formula is C14H16N2O3. The Labute approximate surface area is 111 Å². The Balaban J connectivity index is 2.56. The van der Waals surface area contributed by atoms with Gasteiger partial charge in [-0.3, -0.25) is 0 Å². The zero-order chi connectivity index (χ0) is 14.0. The van der Waals surface area contributed by atoms with E-state index in [4.69, 9.17) is 0 Å². The number of benzene rings is 1. The molecule has 5 heteroatoms. The van der Waals surface area contributed by atoms with E-state index in [9.17, 15) is 14.7 Å². The SMILES string of the molecule is CCC1=C(C(=O)O)C(c2ccccc2C)NC(=O)N1.